The first kappa shape index (κ1) is 13.3. The Hall–Kier alpha value is -1.73. The zero-order valence-electron chi connectivity index (χ0n) is 8.59. The lowest BCUT2D eigenvalue weighted by Crippen LogP contribution is -2.36. The number of nitrogens with two attached hydrogens (primary N) is 1. The van der Waals surface area contributed by atoms with Crippen molar-refractivity contribution in [2.45, 2.75) is 18.8 Å². The predicted molar refractivity (Wildman–Crippen MR) is 53.6 cm³/mol. The molecule has 0 spiro atoms. The van der Waals surface area contributed by atoms with Crippen LogP contribution < -0.4 is 10.5 Å². The summed E-state index contributed by atoms with van der Waals surface area (Å²) in [5, 5.41) is 18.2. The minimum Gasteiger partial charge on any atom is -0.480 e. The number of aliphatic hydroxyl groups excluding tert-OH is 1. The van der Waals surface area contributed by atoms with Gasteiger partial charge in [0.15, 0.2) is 0 Å². The Kier molecular flexibility index (Phi) is 4.36. The largest absolute Gasteiger partial charge is 0.480 e. The second-order valence-electron chi connectivity index (χ2n) is 3.23. The van der Waals surface area contributed by atoms with Crippen LogP contribution >= 0.6 is 0 Å². The van der Waals surface area contributed by atoms with Crippen molar-refractivity contribution in [1.29, 1.82) is 0 Å². The van der Waals surface area contributed by atoms with Crippen molar-refractivity contribution >= 4 is 5.97 Å². The third kappa shape index (κ3) is 3.36. The highest BCUT2D eigenvalue weighted by atomic mass is 19.3. The minimum atomic E-state index is -3.07. The fourth-order valence-electron chi connectivity index (χ4n) is 1.26. The van der Waals surface area contributed by atoms with E-state index in [1.807, 2.05) is 0 Å². The molecule has 0 saturated heterocycles. The second-order valence-corrected chi connectivity index (χ2v) is 3.23. The Labute approximate surface area is 95.4 Å². The van der Waals surface area contributed by atoms with Gasteiger partial charge >= 0.3 is 12.6 Å². The van der Waals surface area contributed by atoms with Gasteiger partial charge in [-0.15, -0.1) is 0 Å². The molecule has 0 bridgehead atoms. The highest BCUT2D eigenvalue weighted by molar-refractivity contribution is 5.74. The van der Waals surface area contributed by atoms with Crippen LogP contribution in [0.25, 0.3) is 0 Å². The number of benzene rings is 1. The van der Waals surface area contributed by atoms with Crippen molar-refractivity contribution in [3.63, 3.8) is 0 Å². The Bertz CT molecular complexity index is 400. The van der Waals surface area contributed by atoms with Crippen LogP contribution in [0, 0.1) is 0 Å². The SMILES string of the molecule is NC(C(=O)O)C(O)c1ccccc1OC(F)F. The van der Waals surface area contributed by atoms with Gasteiger partial charge in [0.1, 0.15) is 17.9 Å². The van der Waals surface area contributed by atoms with Crippen molar-refractivity contribution < 1.29 is 28.5 Å². The van der Waals surface area contributed by atoms with Crippen LogP contribution in [0.4, 0.5) is 8.78 Å². The number of carboxylic acids is 1. The molecule has 7 heteroatoms. The van der Waals surface area contributed by atoms with E-state index in [4.69, 9.17) is 10.8 Å². The molecule has 0 saturated carbocycles. The minimum absolute atomic E-state index is 0.0947. The van der Waals surface area contributed by atoms with E-state index in [0.717, 1.165) is 0 Å². The van der Waals surface area contributed by atoms with E-state index in [1.54, 1.807) is 0 Å². The van der Waals surface area contributed by atoms with Gasteiger partial charge in [-0.3, -0.25) is 4.79 Å². The Morgan fingerprint density at radius 2 is 1.94 bits per heavy atom. The lowest BCUT2D eigenvalue weighted by atomic mass is 10.0. The van der Waals surface area contributed by atoms with E-state index < -0.39 is 24.7 Å². The number of halogens is 2. The Balaban J connectivity index is 3.00. The number of hydrogen-bond donors (Lipinski definition) is 3. The van der Waals surface area contributed by atoms with Crippen molar-refractivity contribution in [1.82, 2.24) is 0 Å². The first-order chi connectivity index (χ1) is 7.93. The van der Waals surface area contributed by atoms with Gasteiger partial charge in [-0.05, 0) is 6.07 Å². The lowest BCUT2D eigenvalue weighted by Gasteiger charge is -2.18. The third-order valence-corrected chi connectivity index (χ3v) is 2.08. The third-order valence-electron chi connectivity index (χ3n) is 2.08. The summed E-state index contributed by atoms with van der Waals surface area (Å²) in [4.78, 5) is 10.6. The van der Waals surface area contributed by atoms with Gasteiger partial charge in [0.25, 0.3) is 0 Å². The van der Waals surface area contributed by atoms with Gasteiger partial charge < -0.3 is 20.7 Å². The molecule has 0 radical (unpaired) electrons. The smallest absolute Gasteiger partial charge is 0.387 e. The first-order valence-electron chi connectivity index (χ1n) is 4.63. The molecular formula is C10H11F2NO4. The maximum Gasteiger partial charge on any atom is 0.387 e. The first-order valence-corrected chi connectivity index (χ1v) is 4.63. The summed E-state index contributed by atoms with van der Waals surface area (Å²) >= 11 is 0. The van der Waals surface area contributed by atoms with Gasteiger partial charge in [0.05, 0.1) is 0 Å². The highest BCUT2D eigenvalue weighted by Crippen LogP contribution is 2.27. The fraction of sp³-hybridized carbons (Fsp3) is 0.300. The van der Waals surface area contributed by atoms with Gasteiger partial charge in [-0.25, -0.2) is 0 Å². The van der Waals surface area contributed by atoms with Crippen LogP contribution in [0.15, 0.2) is 24.3 Å². The van der Waals surface area contributed by atoms with E-state index >= 15 is 0 Å². The van der Waals surface area contributed by atoms with Gasteiger partial charge in [-0.1, -0.05) is 18.2 Å². The number of alkyl halides is 2. The zero-order valence-corrected chi connectivity index (χ0v) is 8.59. The number of rotatable bonds is 5. The molecule has 0 fully saturated rings. The second kappa shape index (κ2) is 5.55. The maximum atomic E-state index is 12.1. The van der Waals surface area contributed by atoms with Crippen LogP contribution in [-0.4, -0.2) is 28.8 Å². The zero-order chi connectivity index (χ0) is 13.0. The molecule has 1 aromatic rings. The van der Waals surface area contributed by atoms with E-state index in [2.05, 4.69) is 4.74 Å². The Morgan fingerprint density at radius 3 is 2.47 bits per heavy atom. The molecule has 94 valence electrons. The van der Waals surface area contributed by atoms with Gasteiger partial charge in [-0.2, -0.15) is 8.78 Å². The highest BCUT2D eigenvalue weighted by Gasteiger charge is 2.26. The number of ether oxygens (including phenoxy) is 1. The van der Waals surface area contributed by atoms with Crippen molar-refractivity contribution in [3.8, 4) is 5.75 Å². The molecule has 1 rings (SSSR count). The van der Waals surface area contributed by atoms with Crippen LogP contribution in [0.2, 0.25) is 0 Å². The van der Waals surface area contributed by atoms with Gasteiger partial charge in [0.2, 0.25) is 0 Å². The van der Waals surface area contributed by atoms with E-state index in [1.165, 1.54) is 24.3 Å². The summed E-state index contributed by atoms with van der Waals surface area (Å²) in [6, 6.07) is 3.72. The number of carbonyl (C=O) groups is 1. The monoisotopic (exact) mass is 247 g/mol. The predicted octanol–water partition coefficient (Wildman–Crippen LogP) is 0.733. The van der Waals surface area contributed by atoms with Crippen LogP contribution in [0.1, 0.15) is 11.7 Å². The summed E-state index contributed by atoms with van der Waals surface area (Å²) in [7, 11) is 0. The topological polar surface area (TPSA) is 92.8 Å². The van der Waals surface area contributed by atoms with E-state index in [0.29, 0.717) is 0 Å². The summed E-state index contributed by atoms with van der Waals surface area (Å²) in [5.74, 6) is -1.74. The summed E-state index contributed by atoms with van der Waals surface area (Å²) in [6.07, 6.45) is -1.62. The number of carboxylic acid groups (broad SMARTS) is 1. The maximum absolute atomic E-state index is 12.1. The average molecular weight is 247 g/mol. The molecule has 2 atom stereocenters. The molecule has 17 heavy (non-hydrogen) atoms. The lowest BCUT2D eigenvalue weighted by molar-refractivity contribution is -0.141. The number of aliphatic carboxylic acids is 1. The Morgan fingerprint density at radius 1 is 1.35 bits per heavy atom. The van der Waals surface area contributed by atoms with Crippen LogP contribution in [0.5, 0.6) is 5.75 Å². The molecule has 1 aromatic carbocycles. The fourth-order valence-corrected chi connectivity index (χ4v) is 1.26. The summed E-state index contributed by atoms with van der Waals surface area (Å²) < 4.78 is 28.3. The molecule has 4 N–H and O–H groups in total. The molecule has 0 aromatic heterocycles. The number of aliphatic hydroxyl groups is 1. The van der Waals surface area contributed by atoms with Crippen LogP contribution in [-0.2, 0) is 4.79 Å². The number of para-hydroxylation sites is 1. The molecule has 0 heterocycles. The average Bonchev–Trinajstić information content (AvgIpc) is 2.27. The quantitative estimate of drug-likeness (QED) is 0.713. The van der Waals surface area contributed by atoms with Crippen LogP contribution in [0.3, 0.4) is 0 Å². The molecular weight excluding hydrogens is 236 g/mol. The number of hydrogen-bond acceptors (Lipinski definition) is 4. The summed E-state index contributed by atoms with van der Waals surface area (Å²) in [6.45, 7) is -3.07. The summed E-state index contributed by atoms with van der Waals surface area (Å²) in [5.41, 5.74) is 5.10. The standard InChI is InChI=1S/C10H11F2NO4/c11-10(12)17-6-4-2-1-3-5(6)8(14)7(13)9(15)16/h1-4,7-8,10,14H,13H2,(H,15,16). The van der Waals surface area contributed by atoms with Crippen molar-refractivity contribution in [3.05, 3.63) is 29.8 Å². The molecule has 0 amide bonds. The molecule has 0 aliphatic rings. The molecule has 2 unspecified atom stereocenters. The normalized spacial score (nSPS) is 14.4. The van der Waals surface area contributed by atoms with Gasteiger partial charge in [0, 0.05) is 5.56 Å². The molecule has 0 aliphatic heterocycles. The van der Waals surface area contributed by atoms with E-state index in [-0.39, 0.29) is 11.3 Å². The van der Waals surface area contributed by atoms with Crippen molar-refractivity contribution in [2.75, 3.05) is 0 Å². The molecule has 0 aliphatic carbocycles. The molecule has 5 nitrogen and oxygen atoms in total. The van der Waals surface area contributed by atoms with Crippen molar-refractivity contribution in [2.24, 2.45) is 5.73 Å². The van der Waals surface area contributed by atoms with E-state index in [9.17, 15) is 18.7 Å².